The normalized spacial score (nSPS) is 12.6. The third kappa shape index (κ3) is 3.89. The van der Waals surface area contributed by atoms with Gasteiger partial charge < -0.3 is 5.73 Å². The fourth-order valence-electron chi connectivity index (χ4n) is 2.54. The minimum absolute atomic E-state index is 0.355. The summed E-state index contributed by atoms with van der Waals surface area (Å²) in [5, 5.41) is 0. The maximum absolute atomic E-state index is 5.81. The summed E-state index contributed by atoms with van der Waals surface area (Å²) in [7, 11) is 0. The summed E-state index contributed by atoms with van der Waals surface area (Å²) in [6, 6.07) is 17.0. The van der Waals surface area contributed by atoms with Crippen LogP contribution in [-0.2, 0) is 6.54 Å². The fraction of sp³-hybridized carbons (Fsp3) is 0.353. The minimum atomic E-state index is 0.355. The number of rotatable bonds is 7. The van der Waals surface area contributed by atoms with Crippen molar-refractivity contribution in [1.29, 1.82) is 0 Å². The van der Waals surface area contributed by atoms with E-state index in [1.54, 1.807) is 0 Å². The van der Waals surface area contributed by atoms with E-state index in [0.29, 0.717) is 12.6 Å². The molecule has 3 nitrogen and oxygen atoms in total. The first-order chi connectivity index (χ1) is 9.85. The Hall–Kier alpha value is -1.71. The number of benzene rings is 1. The van der Waals surface area contributed by atoms with Crippen molar-refractivity contribution >= 4 is 0 Å². The molecule has 1 unspecified atom stereocenters. The van der Waals surface area contributed by atoms with Gasteiger partial charge in [-0.15, -0.1) is 0 Å². The predicted octanol–water partition coefficient (Wildman–Crippen LogP) is 2.99. The summed E-state index contributed by atoms with van der Waals surface area (Å²) < 4.78 is 0. The Labute approximate surface area is 121 Å². The number of nitrogens with two attached hydrogens (primary N) is 1. The Morgan fingerprint density at radius 2 is 1.85 bits per heavy atom. The van der Waals surface area contributed by atoms with E-state index < -0.39 is 0 Å². The van der Waals surface area contributed by atoms with E-state index in [9.17, 15) is 0 Å². The molecule has 0 aliphatic heterocycles. The van der Waals surface area contributed by atoms with Gasteiger partial charge in [0, 0.05) is 18.8 Å². The van der Waals surface area contributed by atoms with Crippen LogP contribution in [0.15, 0.2) is 54.7 Å². The Bertz CT molecular complexity index is 484. The molecule has 0 spiro atoms. The average Bonchev–Trinajstić information content (AvgIpc) is 2.52. The number of hydrogen-bond donors (Lipinski definition) is 1. The van der Waals surface area contributed by atoms with Gasteiger partial charge in [-0.05, 0) is 37.2 Å². The Kier molecular flexibility index (Phi) is 5.71. The first kappa shape index (κ1) is 14.7. The van der Waals surface area contributed by atoms with Crippen molar-refractivity contribution in [1.82, 2.24) is 9.88 Å². The zero-order valence-electron chi connectivity index (χ0n) is 12.1. The molecule has 0 aliphatic rings. The van der Waals surface area contributed by atoms with Crippen LogP contribution in [0.25, 0.3) is 0 Å². The standard InChI is InChI=1S/C17H23N3/c1-2-20(14-16-10-6-7-13-19-16)17(11-12-18)15-8-4-3-5-9-15/h3-10,13,17H,2,11-12,14,18H2,1H3. The van der Waals surface area contributed by atoms with E-state index in [1.807, 2.05) is 18.3 Å². The molecule has 1 aromatic heterocycles. The maximum atomic E-state index is 5.81. The molecule has 1 aromatic carbocycles. The molecule has 1 heterocycles. The first-order valence-corrected chi connectivity index (χ1v) is 7.24. The predicted molar refractivity (Wildman–Crippen MR) is 83.2 cm³/mol. The van der Waals surface area contributed by atoms with Crippen molar-refractivity contribution < 1.29 is 0 Å². The third-order valence-electron chi connectivity index (χ3n) is 3.56. The molecule has 3 heteroatoms. The number of pyridine rings is 1. The lowest BCUT2D eigenvalue weighted by Crippen LogP contribution is -2.30. The van der Waals surface area contributed by atoms with Gasteiger partial charge in [0.1, 0.15) is 0 Å². The van der Waals surface area contributed by atoms with Crippen LogP contribution in [0.5, 0.6) is 0 Å². The lowest BCUT2D eigenvalue weighted by atomic mass is 10.0. The monoisotopic (exact) mass is 269 g/mol. The molecule has 0 bridgehead atoms. The summed E-state index contributed by atoms with van der Waals surface area (Å²) in [4.78, 5) is 6.86. The largest absolute Gasteiger partial charge is 0.330 e. The van der Waals surface area contributed by atoms with Crippen LogP contribution in [-0.4, -0.2) is 23.0 Å². The van der Waals surface area contributed by atoms with Gasteiger partial charge in [0.05, 0.1) is 5.69 Å². The molecular formula is C17H23N3. The third-order valence-corrected chi connectivity index (χ3v) is 3.56. The van der Waals surface area contributed by atoms with Gasteiger partial charge in [-0.25, -0.2) is 0 Å². The van der Waals surface area contributed by atoms with E-state index in [1.165, 1.54) is 5.56 Å². The molecule has 1 atom stereocenters. The van der Waals surface area contributed by atoms with Crippen molar-refractivity contribution in [2.75, 3.05) is 13.1 Å². The molecule has 2 rings (SSSR count). The summed E-state index contributed by atoms with van der Waals surface area (Å²) in [5.74, 6) is 0. The lowest BCUT2D eigenvalue weighted by molar-refractivity contribution is 0.188. The number of nitrogens with zero attached hydrogens (tertiary/aromatic N) is 2. The highest BCUT2D eigenvalue weighted by Gasteiger charge is 2.18. The van der Waals surface area contributed by atoms with Crippen LogP contribution in [0.4, 0.5) is 0 Å². The van der Waals surface area contributed by atoms with E-state index in [-0.39, 0.29) is 0 Å². The second kappa shape index (κ2) is 7.78. The summed E-state index contributed by atoms with van der Waals surface area (Å²) >= 11 is 0. The Morgan fingerprint density at radius 3 is 2.45 bits per heavy atom. The lowest BCUT2D eigenvalue weighted by Gasteiger charge is -2.30. The quantitative estimate of drug-likeness (QED) is 0.840. The SMILES string of the molecule is CCN(Cc1ccccn1)C(CCN)c1ccccc1. The number of hydrogen-bond acceptors (Lipinski definition) is 3. The molecule has 0 saturated heterocycles. The van der Waals surface area contributed by atoms with Crippen molar-refractivity contribution in [3.8, 4) is 0 Å². The molecule has 0 fully saturated rings. The van der Waals surface area contributed by atoms with Gasteiger partial charge in [-0.1, -0.05) is 43.3 Å². The van der Waals surface area contributed by atoms with E-state index >= 15 is 0 Å². The van der Waals surface area contributed by atoms with Crippen LogP contribution in [0.1, 0.15) is 30.6 Å². The van der Waals surface area contributed by atoms with Crippen molar-refractivity contribution in [2.45, 2.75) is 25.9 Å². The van der Waals surface area contributed by atoms with Gasteiger partial charge in [-0.2, -0.15) is 0 Å². The van der Waals surface area contributed by atoms with Crippen LogP contribution in [0.2, 0.25) is 0 Å². The first-order valence-electron chi connectivity index (χ1n) is 7.24. The summed E-state index contributed by atoms with van der Waals surface area (Å²) in [6.07, 6.45) is 2.81. The smallest absolute Gasteiger partial charge is 0.0544 e. The summed E-state index contributed by atoms with van der Waals surface area (Å²) in [5.41, 5.74) is 8.24. The molecule has 0 aliphatic carbocycles. The fourth-order valence-corrected chi connectivity index (χ4v) is 2.54. The van der Waals surface area contributed by atoms with Gasteiger partial charge in [0.15, 0.2) is 0 Å². The van der Waals surface area contributed by atoms with E-state index in [0.717, 1.165) is 25.2 Å². The van der Waals surface area contributed by atoms with Crippen LogP contribution < -0.4 is 5.73 Å². The minimum Gasteiger partial charge on any atom is -0.330 e. The molecule has 0 radical (unpaired) electrons. The van der Waals surface area contributed by atoms with E-state index in [2.05, 4.69) is 53.2 Å². The molecule has 20 heavy (non-hydrogen) atoms. The highest BCUT2D eigenvalue weighted by molar-refractivity contribution is 5.19. The van der Waals surface area contributed by atoms with Crippen LogP contribution in [0.3, 0.4) is 0 Å². The Balaban J connectivity index is 2.17. The zero-order valence-corrected chi connectivity index (χ0v) is 12.1. The molecular weight excluding hydrogens is 246 g/mol. The van der Waals surface area contributed by atoms with Crippen LogP contribution in [0, 0.1) is 0 Å². The molecule has 106 valence electrons. The van der Waals surface area contributed by atoms with Gasteiger partial charge in [-0.3, -0.25) is 9.88 Å². The van der Waals surface area contributed by atoms with Crippen molar-refractivity contribution in [3.63, 3.8) is 0 Å². The highest BCUT2D eigenvalue weighted by Crippen LogP contribution is 2.24. The molecule has 0 amide bonds. The average molecular weight is 269 g/mol. The highest BCUT2D eigenvalue weighted by atomic mass is 15.2. The second-order valence-electron chi connectivity index (χ2n) is 4.89. The van der Waals surface area contributed by atoms with Gasteiger partial charge >= 0.3 is 0 Å². The van der Waals surface area contributed by atoms with E-state index in [4.69, 9.17) is 5.73 Å². The molecule has 2 N–H and O–H groups in total. The molecule has 2 aromatic rings. The summed E-state index contributed by atoms with van der Waals surface area (Å²) in [6.45, 7) is 4.72. The van der Waals surface area contributed by atoms with Gasteiger partial charge in [0.25, 0.3) is 0 Å². The topological polar surface area (TPSA) is 42.2 Å². The zero-order chi connectivity index (χ0) is 14.2. The Morgan fingerprint density at radius 1 is 1.10 bits per heavy atom. The molecule has 0 saturated carbocycles. The van der Waals surface area contributed by atoms with Crippen molar-refractivity contribution in [3.05, 3.63) is 66.0 Å². The second-order valence-corrected chi connectivity index (χ2v) is 4.89. The number of aromatic nitrogens is 1. The van der Waals surface area contributed by atoms with Crippen molar-refractivity contribution in [2.24, 2.45) is 5.73 Å². The van der Waals surface area contributed by atoms with Crippen LogP contribution >= 0.6 is 0 Å². The maximum Gasteiger partial charge on any atom is 0.0544 e. The van der Waals surface area contributed by atoms with Gasteiger partial charge in [0.2, 0.25) is 0 Å².